The maximum Gasteiger partial charge on any atom is 0.227 e. The van der Waals surface area contributed by atoms with E-state index in [1.807, 2.05) is 17.0 Å². The van der Waals surface area contributed by atoms with E-state index in [0.717, 1.165) is 30.0 Å². The lowest BCUT2D eigenvalue weighted by atomic mass is 10.1. The third-order valence-corrected chi connectivity index (χ3v) is 5.97. The fourth-order valence-corrected chi connectivity index (χ4v) is 4.17. The van der Waals surface area contributed by atoms with Crippen molar-refractivity contribution in [2.24, 2.45) is 5.92 Å². The summed E-state index contributed by atoms with van der Waals surface area (Å²) in [6.07, 6.45) is 1.63. The quantitative estimate of drug-likeness (QED) is 0.613. The monoisotopic (exact) mass is 375 g/mol. The zero-order chi connectivity index (χ0) is 19.8. The van der Waals surface area contributed by atoms with Gasteiger partial charge < -0.3 is 9.47 Å². The molecule has 146 valence electrons. The molecular weight excluding hydrogens is 346 g/mol. The normalized spacial score (nSPS) is 17.2. The maximum atomic E-state index is 12.9. The summed E-state index contributed by atoms with van der Waals surface area (Å²) in [5.74, 6) is 2.02. The van der Waals surface area contributed by atoms with Crippen LogP contribution in [-0.2, 0) is 11.3 Å². The van der Waals surface area contributed by atoms with Crippen molar-refractivity contribution >= 4 is 22.6 Å². The van der Waals surface area contributed by atoms with Crippen molar-refractivity contribution in [1.82, 2.24) is 9.55 Å². The van der Waals surface area contributed by atoms with E-state index >= 15 is 0 Å². The van der Waals surface area contributed by atoms with E-state index in [2.05, 4.69) is 62.6 Å². The topological polar surface area (TPSA) is 38.1 Å². The molecule has 0 saturated carbocycles. The average Bonchev–Trinajstić information content (AvgIpc) is 3.22. The first kappa shape index (κ1) is 18.7. The lowest BCUT2D eigenvalue weighted by molar-refractivity contribution is -0.117. The number of aryl methyl sites for hydroxylation is 2. The van der Waals surface area contributed by atoms with E-state index in [1.165, 1.54) is 16.6 Å². The van der Waals surface area contributed by atoms with Crippen LogP contribution in [-0.4, -0.2) is 22.0 Å². The number of carbonyl (C=O) groups is 1. The molecule has 2 aromatic carbocycles. The van der Waals surface area contributed by atoms with Crippen LogP contribution >= 0.6 is 0 Å². The number of carbonyl (C=O) groups excluding carboxylic acids is 1. The highest BCUT2D eigenvalue weighted by Gasteiger charge is 2.35. The highest BCUT2D eigenvalue weighted by atomic mass is 16.2. The number of aromatic nitrogens is 2. The van der Waals surface area contributed by atoms with Gasteiger partial charge >= 0.3 is 0 Å². The minimum Gasteiger partial charge on any atom is -0.328 e. The summed E-state index contributed by atoms with van der Waals surface area (Å²) in [7, 11) is 0. The number of amides is 1. The van der Waals surface area contributed by atoms with Crippen LogP contribution in [0, 0.1) is 19.8 Å². The molecule has 0 N–H and O–H groups in total. The van der Waals surface area contributed by atoms with Crippen LogP contribution in [0.4, 0.5) is 5.69 Å². The van der Waals surface area contributed by atoms with Crippen molar-refractivity contribution in [1.29, 1.82) is 0 Å². The number of hydrogen-bond donors (Lipinski definition) is 0. The molecule has 0 spiro atoms. The predicted molar refractivity (Wildman–Crippen MR) is 115 cm³/mol. The first-order valence-electron chi connectivity index (χ1n) is 10.3. The van der Waals surface area contributed by atoms with Gasteiger partial charge in [0.05, 0.1) is 11.0 Å². The summed E-state index contributed by atoms with van der Waals surface area (Å²) in [5.41, 5.74) is 5.65. The highest BCUT2D eigenvalue weighted by Crippen LogP contribution is 2.35. The molecule has 4 rings (SSSR count). The summed E-state index contributed by atoms with van der Waals surface area (Å²) in [6, 6.07) is 14.5. The van der Waals surface area contributed by atoms with Gasteiger partial charge in [-0.2, -0.15) is 0 Å². The van der Waals surface area contributed by atoms with Gasteiger partial charge in [0, 0.05) is 31.1 Å². The number of nitrogens with zero attached hydrogens (tertiary/aromatic N) is 3. The second kappa shape index (κ2) is 7.42. The number of fused-ring (bicyclic) bond motifs is 1. The zero-order valence-electron chi connectivity index (χ0n) is 17.3. The number of anilines is 1. The summed E-state index contributed by atoms with van der Waals surface area (Å²) < 4.78 is 2.35. The van der Waals surface area contributed by atoms with Gasteiger partial charge in [0.15, 0.2) is 0 Å². The Hall–Kier alpha value is -2.62. The van der Waals surface area contributed by atoms with Crippen LogP contribution in [0.1, 0.15) is 49.6 Å². The molecule has 2 heterocycles. The van der Waals surface area contributed by atoms with Crippen molar-refractivity contribution in [3.63, 3.8) is 0 Å². The van der Waals surface area contributed by atoms with E-state index in [-0.39, 0.29) is 11.8 Å². The number of para-hydroxylation sites is 2. The number of rotatable bonds is 5. The Kier molecular flexibility index (Phi) is 4.96. The van der Waals surface area contributed by atoms with Crippen molar-refractivity contribution in [3.8, 4) is 0 Å². The third kappa shape index (κ3) is 3.32. The SMILES string of the molecule is Cc1cccc(N2CC(c3nc4ccccc4n3CCC(C)C)CC2=O)c1C. The molecule has 1 aromatic heterocycles. The Labute approximate surface area is 167 Å². The summed E-state index contributed by atoms with van der Waals surface area (Å²) in [5, 5.41) is 0. The maximum absolute atomic E-state index is 12.9. The van der Waals surface area contributed by atoms with Crippen molar-refractivity contribution in [2.75, 3.05) is 11.4 Å². The lowest BCUT2D eigenvalue weighted by Gasteiger charge is -2.20. The Morgan fingerprint density at radius 1 is 1.11 bits per heavy atom. The number of hydrogen-bond acceptors (Lipinski definition) is 2. The molecule has 1 saturated heterocycles. The lowest BCUT2D eigenvalue weighted by Crippen LogP contribution is -2.25. The van der Waals surface area contributed by atoms with E-state index in [0.29, 0.717) is 18.9 Å². The standard InChI is InChI=1S/C24H29N3O/c1-16(2)12-13-26-22-10-6-5-9-20(22)25-24(26)19-14-23(28)27(15-19)21-11-7-8-17(3)18(21)4/h5-11,16,19H,12-15H2,1-4H3. The third-order valence-electron chi connectivity index (χ3n) is 5.97. The van der Waals surface area contributed by atoms with Crippen molar-refractivity contribution in [2.45, 2.75) is 53.0 Å². The molecule has 1 atom stereocenters. The molecular formula is C24H29N3O. The molecule has 3 aromatic rings. The largest absolute Gasteiger partial charge is 0.328 e. The van der Waals surface area contributed by atoms with Crippen LogP contribution in [0.2, 0.25) is 0 Å². The summed E-state index contributed by atoms with van der Waals surface area (Å²) in [4.78, 5) is 19.8. The molecule has 0 aliphatic carbocycles. The zero-order valence-corrected chi connectivity index (χ0v) is 17.3. The molecule has 28 heavy (non-hydrogen) atoms. The first-order valence-corrected chi connectivity index (χ1v) is 10.3. The minimum atomic E-state index is 0.131. The van der Waals surface area contributed by atoms with Gasteiger partial charge in [0.1, 0.15) is 5.82 Å². The van der Waals surface area contributed by atoms with Crippen LogP contribution < -0.4 is 4.90 Å². The Morgan fingerprint density at radius 3 is 2.68 bits per heavy atom. The first-order chi connectivity index (χ1) is 13.5. The van der Waals surface area contributed by atoms with Crippen LogP contribution in [0.25, 0.3) is 11.0 Å². The van der Waals surface area contributed by atoms with E-state index < -0.39 is 0 Å². The van der Waals surface area contributed by atoms with Gasteiger partial charge in [-0.25, -0.2) is 4.98 Å². The van der Waals surface area contributed by atoms with Gasteiger partial charge in [-0.05, 0) is 55.5 Å². The molecule has 1 unspecified atom stereocenters. The van der Waals surface area contributed by atoms with Gasteiger partial charge in [-0.1, -0.05) is 38.1 Å². The van der Waals surface area contributed by atoms with Gasteiger partial charge in [0.25, 0.3) is 0 Å². The predicted octanol–water partition coefficient (Wildman–Crippen LogP) is 5.22. The molecule has 1 amide bonds. The Balaban J connectivity index is 1.70. The molecule has 4 heteroatoms. The Morgan fingerprint density at radius 2 is 1.89 bits per heavy atom. The fourth-order valence-electron chi connectivity index (χ4n) is 4.17. The molecule has 0 radical (unpaired) electrons. The van der Waals surface area contributed by atoms with Crippen molar-refractivity contribution in [3.05, 3.63) is 59.4 Å². The van der Waals surface area contributed by atoms with E-state index in [9.17, 15) is 4.79 Å². The molecule has 1 fully saturated rings. The van der Waals surface area contributed by atoms with Crippen molar-refractivity contribution < 1.29 is 4.79 Å². The number of benzene rings is 2. The molecule has 1 aliphatic heterocycles. The summed E-state index contributed by atoms with van der Waals surface area (Å²) in [6.45, 7) is 10.3. The van der Waals surface area contributed by atoms with E-state index in [1.54, 1.807) is 0 Å². The van der Waals surface area contributed by atoms with Crippen LogP contribution in [0.5, 0.6) is 0 Å². The molecule has 4 nitrogen and oxygen atoms in total. The summed E-state index contributed by atoms with van der Waals surface area (Å²) >= 11 is 0. The van der Waals surface area contributed by atoms with Crippen LogP contribution in [0.3, 0.4) is 0 Å². The van der Waals surface area contributed by atoms with Gasteiger partial charge in [0.2, 0.25) is 5.91 Å². The second-order valence-electron chi connectivity index (χ2n) is 8.42. The minimum absolute atomic E-state index is 0.131. The average molecular weight is 376 g/mol. The molecule has 1 aliphatic rings. The Bertz CT molecular complexity index is 1020. The van der Waals surface area contributed by atoms with E-state index in [4.69, 9.17) is 4.98 Å². The highest BCUT2D eigenvalue weighted by molar-refractivity contribution is 5.97. The molecule has 0 bridgehead atoms. The second-order valence-corrected chi connectivity index (χ2v) is 8.42. The van der Waals surface area contributed by atoms with Gasteiger partial charge in [-0.3, -0.25) is 4.79 Å². The van der Waals surface area contributed by atoms with Crippen LogP contribution in [0.15, 0.2) is 42.5 Å². The number of imidazole rings is 1. The fraction of sp³-hybridized carbons (Fsp3) is 0.417. The van der Waals surface area contributed by atoms with Gasteiger partial charge in [-0.15, -0.1) is 0 Å². The smallest absolute Gasteiger partial charge is 0.227 e.